The highest BCUT2D eigenvalue weighted by Crippen LogP contribution is 2.22. The van der Waals surface area contributed by atoms with Crippen molar-refractivity contribution in [1.82, 2.24) is 19.6 Å². The summed E-state index contributed by atoms with van der Waals surface area (Å²) in [5.74, 6) is 0. The van der Waals surface area contributed by atoms with Crippen LogP contribution in [0.4, 0.5) is 0 Å². The van der Waals surface area contributed by atoms with Crippen molar-refractivity contribution < 1.29 is 0 Å². The molecule has 0 amide bonds. The van der Waals surface area contributed by atoms with Gasteiger partial charge in [0.05, 0.1) is 10.7 Å². The molecule has 108 valence electrons. The van der Waals surface area contributed by atoms with Gasteiger partial charge >= 0.3 is 0 Å². The monoisotopic (exact) mass is 292 g/mol. The molecule has 0 radical (unpaired) electrons. The molecule has 0 spiro atoms. The van der Waals surface area contributed by atoms with Gasteiger partial charge in [-0.1, -0.05) is 11.6 Å². The van der Waals surface area contributed by atoms with Crippen LogP contribution in [0.25, 0.3) is 5.65 Å². The van der Waals surface area contributed by atoms with Crippen molar-refractivity contribution in [2.24, 2.45) is 0 Å². The number of nitrogens with one attached hydrogen (secondary N) is 1. The maximum atomic E-state index is 6.00. The first-order valence-corrected chi connectivity index (χ1v) is 7.50. The Bertz CT molecular complexity index is 599. The van der Waals surface area contributed by atoms with Gasteiger partial charge in [-0.25, -0.2) is 4.98 Å². The quantitative estimate of drug-likeness (QED) is 0.944. The van der Waals surface area contributed by atoms with E-state index in [0.717, 1.165) is 36.0 Å². The zero-order valence-electron chi connectivity index (χ0n) is 12.1. The maximum absolute atomic E-state index is 6.00. The fraction of sp³-hybridized carbons (Fsp3) is 0.533. The van der Waals surface area contributed by atoms with Crippen LogP contribution in [0.3, 0.4) is 0 Å². The number of halogens is 1. The average molecular weight is 293 g/mol. The van der Waals surface area contributed by atoms with Gasteiger partial charge in [-0.15, -0.1) is 0 Å². The summed E-state index contributed by atoms with van der Waals surface area (Å²) >= 11 is 6.00. The van der Waals surface area contributed by atoms with Crippen LogP contribution in [0.5, 0.6) is 0 Å². The highest BCUT2D eigenvalue weighted by atomic mass is 35.5. The summed E-state index contributed by atoms with van der Waals surface area (Å²) < 4.78 is 2.00. The molecule has 0 aliphatic carbocycles. The number of likely N-dealkylation sites (tertiary alicyclic amines) is 1. The Kier molecular flexibility index (Phi) is 3.71. The zero-order valence-corrected chi connectivity index (χ0v) is 12.8. The molecule has 0 bridgehead atoms. The molecule has 20 heavy (non-hydrogen) atoms. The molecule has 1 aliphatic rings. The Labute approximate surface area is 124 Å². The van der Waals surface area contributed by atoms with Crippen molar-refractivity contribution in [3.8, 4) is 0 Å². The minimum atomic E-state index is 0.295. The van der Waals surface area contributed by atoms with Crippen LogP contribution in [0.15, 0.2) is 24.5 Å². The number of imidazole rings is 1. The topological polar surface area (TPSA) is 32.6 Å². The lowest BCUT2D eigenvalue weighted by Crippen LogP contribution is -2.49. The van der Waals surface area contributed by atoms with Gasteiger partial charge in [-0.05, 0) is 38.9 Å². The lowest BCUT2D eigenvalue weighted by Gasteiger charge is -2.39. The molecule has 0 unspecified atom stereocenters. The Morgan fingerprint density at radius 2 is 2.05 bits per heavy atom. The Morgan fingerprint density at radius 3 is 2.75 bits per heavy atom. The Hall–Kier alpha value is -1.10. The van der Waals surface area contributed by atoms with Crippen molar-refractivity contribution in [1.29, 1.82) is 0 Å². The molecule has 1 N–H and O–H groups in total. The third-order valence-corrected chi connectivity index (χ3v) is 4.64. The van der Waals surface area contributed by atoms with Crippen LogP contribution in [0.1, 0.15) is 25.5 Å². The van der Waals surface area contributed by atoms with Crippen LogP contribution in [0, 0.1) is 0 Å². The van der Waals surface area contributed by atoms with E-state index in [1.54, 1.807) is 0 Å². The fourth-order valence-electron chi connectivity index (χ4n) is 2.78. The van der Waals surface area contributed by atoms with Crippen molar-refractivity contribution in [3.05, 3.63) is 35.2 Å². The summed E-state index contributed by atoms with van der Waals surface area (Å²) in [4.78, 5) is 7.13. The molecule has 1 saturated heterocycles. The van der Waals surface area contributed by atoms with Gasteiger partial charge in [0.1, 0.15) is 5.65 Å². The summed E-state index contributed by atoms with van der Waals surface area (Å²) in [6.07, 6.45) is 6.35. The van der Waals surface area contributed by atoms with E-state index in [0.29, 0.717) is 5.54 Å². The molecule has 3 heterocycles. The Morgan fingerprint density at radius 1 is 1.30 bits per heavy atom. The fourth-order valence-corrected chi connectivity index (χ4v) is 2.95. The number of rotatable bonds is 3. The summed E-state index contributed by atoms with van der Waals surface area (Å²) in [5, 5.41) is 4.17. The standard InChI is InChI=1S/C15H21ClN4/c1-15(17-2)5-7-19(8-6-15)10-13-11-20-9-12(16)3-4-14(20)18-13/h3-4,9,11,17H,5-8,10H2,1-2H3. The van der Waals surface area contributed by atoms with Gasteiger partial charge < -0.3 is 9.72 Å². The molecular weight excluding hydrogens is 272 g/mol. The number of aromatic nitrogens is 2. The molecule has 1 aliphatic heterocycles. The van der Waals surface area contributed by atoms with E-state index in [1.165, 1.54) is 12.8 Å². The van der Waals surface area contributed by atoms with Gasteiger partial charge in [0, 0.05) is 37.6 Å². The first kappa shape index (κ1) is 13.9. The van der Waals surface area contributed by atoms with Crippen molar-refractivity contribution in [3.63, 3.8) is 0 Å². The molecule has 3 rings (SSSR count). The highest BCUT2D eigenvalue weighted by molar-refractivity contribution is 6.30. The normalized spacial score (nSPS) is 19.6. The predicted molar refractivity (Wildman–Crippen MR) is 82.2 cm³/mol. The number of nitrogens with zero attached hydrogens (tertiary/aromatic N) is 3. The second-order valence-corrected chi connectivity index (χ2v) is 6.37. The maximum Gasteiger partial charge on any atom is 0.137 e. The third-order valence-electron chi connectivity index (χ3n) is 4.41. The minimum Gasteiger partial charge on any atom is -0.314 e. The second-order valence-electron chi connectivity index (χ2n) is 5.93. The number of hydrogen-bond acceptors (Lipinski definition) is 3. The van der Waals surface area contributed by atoms with Crippen LogP contribution < -0.4 is 5.32 Å². The van der Waals surface area contributed by atoms with E-state index in [9.17, 15) is 0 Å². The van der Waals surface area contributed by atoms with Crippen molar-refractivity contribution in [2.45, 2.75) is 31.8 Å². The summed E-state index contributed by atoms with van der Waals surface area (Å²) in [7, 11) is 2.06. The first-order valence-electron chi connectivity index (χ1n) is 7.12. The molecule has 4 nitrogen and oxygen atoms in total. The zero-order chi connectivity index (χ0) is 14.2. The van der Waals surface area contributed by atoms with Crippen LogP contribution >= 0.6 is 11.6 Å². The molecule has 5 heteroatoms. The van der Waals surface area contributed by atoms with E-state index >= 15 is 0 Å². The molecular formula is C15H21ClN4. The molecule has 2 aromatic heterocycles. The summed E-state index contributed by atoms with van der Waals surface area (Å²) in [6, 6.07) is 3.84. The average Bonchev–Trinajstić information content (AvgIpc) is 2.83. The summed E-state index contributed by atoms with van der Waals surface area (Å²) in [6.45, 7) is 5.45. The lowest BCUT2D eigenvalue weighted by molar-refractivity contribution is 0.145. The Balaban J connectivity index is 1.68. The number of pyridine rings is 1. The number of piperidine rings is 1. The molecule has 0 saturated carbocycles. The number of hydrogen-bond donors (Lipinski definition) is 1. The van der Waals surface area contributed by atoms with E-state index in [1.807, 2.05) is 22.7 Å². The smallest absolute Gasteiger partial charge is 0.137 e. The molecule has 1 fully saturated rings. The van der Waals surface area contributed by atoms with Gasteiger partial charge in [-0.3, -0.25) is 4.90 Å². The molecule has 2 aromatic rings. The van der Waals surface area contributed by atoms with Gasteiger partial charge in [-0.2, -0.15) is 0 Å². The predicted octanol–water partition coefficient (Wildman–Crippen LogP) is 2.56. The molecule has 0 atom stereocenters. The SMILES string of the molecule is CNC1(C)CCN(Cc2cn3cc(Cl)ccc3n2)CC1. The van der Waals surface area contributed by atoms with E-state index in [-0.39, 0.29) is 0 Å². The first-order chi connectivity index (χ1) is 9.58. The van der Waals surface area contributed by atoms with Crippen LogP contribution in [-0.4, -0.2) is 40.0 Å². The highest BCUT2D eigenvalue weighted by Gasteiger charge is 2.28. The van der Waals surface area contributed by atoms with E-state index < -0.39 is 0 Å². The van der Waals surface area contributed by atoms with Crippen LogP contribution in [-0.2, 0) is 6.54 Å². The van der Waals surface area contributed by atoms with Gasteiger partial charge in [0.25, 0.3) is 0 Å². The summed E-state index contributed by atoms with van der Waals surface area (Å²) in [5.41, 5.74) is 2.37. The van der Waals surface area contributed by atoms with E-state index in [2.05, 4.69) is 35.4 Å². The van der Waals surface area contributed by atoms with Crippen LogP contribution in [0.2, 0.25) is 5.02 Å². The van der Waals surface area contributed by atoms with Gasteiger partial charge in [0.15, 0.2) is 0 Å². The number of fused-ring (bicyclic) bond motifs is 1. The van der Waals surface area contributed by atoms with E-state index in [4.69, 9.17) is 11.6 Å². The largest absolute Gasteiger partial charge is 0.314 e. The second kappa shape index (κ2) is 5.35. The molecule has 0 aromatic carbocycles. The van der Waals surface area contributed by atoms with Crippen molar-refractivity contribution in [2.75, 3.05) is 20.1 Å². The van der Waals surface area contributed by atoms with Gasteiger partial charge in [0.2, 0.25) is 0 Å². The van der Waals surface area contributed by atoms with Crippen molar-refractivity contribution >= 4 is 17.2 Å². The lowest BCUT2D eigenvalue weighted by atomic mass is 9.90. The minimum absolute atomic E-state index is 0.295. The third kappa shape index (κ3) is 2.82.